The van der Waals surface area contributed by atoms with Gasteiger partial charge in [0.2, 0.25) is 11.5 Å². The Morgan fingerprint density at radius 1 is 1.21 bits per heavy atom. The van der Waals surface area contributed by atoms with Gasteiger partial charge < -0.3 is 9.15 Å². The number of benzene rings is 1. The lowest BCUT2D eigenvalue weighted by Crippen LogP contribution is -2.37. The molecule has 0 bridgehead atoms. The van der Waals surface area contributed by atoms with E-state index in [1.807, 2.05) is 18.2 Å². The summed E-state index contributed by atoms with van der Waals surface area (Å²) in [5, 5.41) is 1.16. The van der Waals surface area contributed by atoms with Crippen LogP contribution in [0.15, 0.2) is 39.8 Å². The van der Waals surface area contributed by atoms with Crippen molar-refractivity contribution in [2.24, 2.45) is 0 Å². The van der Waals surface area contributed by atoms with E-state index >= 15 is 0 Å². The number of carbonyl (C=O) groups excluding carboxylic acids is 2. The molecule has 0 spiro atoms. The van der Waals surface area contributed by atoms with Gasteiger partial charge in [0.1, 0.15) is 22.5 Å². The molecule has 0 saturated carbocycles. The van der Waals surface area contributed by atoms with Gasteiger partial charge in [0.05, 0.1) is 18.6 Å². The van der Waals surface area contributed by atoms with Gasteiger partial charge >= 0.3 is 5.97 Å². The zero-order valence-electron chi connectivity index (χ0n) is 19.4. The molecule has 0 aliphatic rings. The number of amides is 1. The molecule has 1 aromatic carbocycles. The van der Waals surface area contributed by atoms with Gasteiger partial charge in [0, 0.05) is 11.9 Å². The number of rotatable bonds is 9. The molecular weight excluding hydrogens is 456 g/mol. The lowest BCUT2D eigenvalue weighted by atomic mass is 10.2. The Bertz CT molecular complexity index is 1400. The highest BCUT2D eigenvalue weighted by atomic mass is 32.1. The van der Waals surface area contributed by atoms with Gasteiger partial charge in [-0.1, -0.05) is 43.2 Å². The van der Waals surface area contributed by atoms with Crippen LogP contribution >= 0.6 is 11.3 Å². The fraction of sp³-hybridized carbons (Fsp3) is 0.375. The molecule has 0 aliphatic heterocycles. The van der Waals surface area contributed by atoms with Crippen molar-refractivity contribution in [2.45, 2.75) is 46.6 Å². The number of aromatic nitrogens is 3. The molecule has 9 nitrogen and oxygen atoms in total. The number of furan rings is 1. The number of ether oxygens (including phenoxy) is 1. The highest BCUT2D eigenvalue weighted by molar-refractivity contribution is 7.17. The third-order valence-corrected chi connectivity index (χ3v) is 6.58. The molecule has 3 heterocycles. The molecule has 0 atom stereocenters. The van der Waals surface area contributed by atoms with E-state index in [9.17, 15) is 14.4 Å². The number of fused-ring (bicyclic) bond motifs is 3. The first-order chi connectivity index (χ1) is 16.4. The molecule has 3 aromatic heterocycles. The first kappa shape index (κ1) is 23.6. The number of anilines is 1. The summed E-state index contributed by atoms with van der Waals surface area (Å²) >= 11 is 1.12. The highest BCUT2D eigenvalue weighted by Gasteiger charge is 2.25. The van der Waals surface area contributed by atoms with Crippen LogP contribution in [0.3, 0.4) is 0 Å². The van der Waals surface area contributed by atoms with Gasteiger partial charge in [-0.15, -0.1) is 0 Å². The monoisotopic (exact) mass is 482 g/mol. The number of unbranched alkanes of at least 4 members (excludes halogenated alkanes) is 2. The summed E-state index contributed by atoms with van der Waals surface area (Å²) in [5.41, 5.74) is 1.24. The number of esters is 1. The lowest BCUT2D eigenvalue weighted by Gasteiger charge is -2.20. The maximum absolute atomic E-state index is 13.3. The average Bonchev–Trinajstić information content (AvgIpc) is 3.39. The first-order valence-corrected chi connectivity index (χ1v) is 12.1. The Labute approximate surface area is 200 Å². The maximum Gasteiger partial charge on any atom is 0.350 e. The highest BCUT2D eigenvalue weighted by Crippen LogP contribution is 2.28. The van der Waals surface area contributed by atoms with Crippen LogP contribution in [0, 0.1) is 6.92 Å². The topological polar surface area (TPSA) is 108 Å². The molecule has 0 radical (unpaired) electrons. The van der Waals surface area contributed by atoms with E-state index in [-0.39, 0.29) is 24.6 Å². The van der Waals surface area contributed by atoms with E-state index in [4.69, 9.17) is 9.15 Å². The van der Waals surface area contributed by atoms with E-state index < -0.39 is 11.5 Å². The van der Waals surface area contributed by atoms with Crippen molar-refractivity contribution in [3.8, 4) is 0 Å². The minimum Gasteiger partial charge on any atom is -0.462 e. The lowest BCUT2D eigenvalue weighted by molar-refractivity contribution is -0.119. The quantitative estimate of drug-likeness (QED) is 0.258. The summed E-state index contributed by atoms with van der Waals surface area (Å²) in [4.78, 5) is 49.4. The van der Waals surface area contributed by atoms with Crippen LogP contribution in [0.25, 0.3) is 22.1 Å². The number of hydrogen-bond donors (Lipinski definition) is 0. The predicted octanol–water partition coefficient (Wildman–Crippen LogP) is 4.31. The van der Waals surface area contributed by atoms with Gasteiger partial charge in [0.15, 0.2) is 5.13 Å². The predicted molar refractivity (Wildman–Crippen MR) is 130 cm³/mol. The molecule has 4 rings (SSSR count). The second kappa shape index (κ2) is 10.2. The fourth-order valence-corrected chi connectivity index (χ4v) is 4.69. The van der Waals surface area contributed by atoms with Crippen LogP contribution in [-0.4, -0.2) is 39.6 Å². The van der Waals surface area contributed by atoms with E-state index in [0.29, 0.717) is 33.3 Å². The Kier molecular flexibility index (Phi) is 7.06. The summed E-state index contributed by atoms with van der Waals surface area (Å²) in [6.07, 6.45) is 4.06. The molecule has 0 fully saturated rings. The van der Waals surface area contributed by atoms with Crippen molar-refractivity contribution in [3.05, 3.63) is 51.5 Å². The third kappa shape index (κ3) is 4.58. The zero-order chi connectivity index (χ0) is 24.2. The Morgan fingerprint density at radius 3 is 2.76 bits per heavy atom. The summed E-state index contributed by atoms with van der Waals surface area (Å²) in [6, 6.07) is 7.28. The van der Waals surface area contributed by atoms with Crippen molar-refractivity contribution in [1.82, 2.24) is 14.5 Å². The Hall–Kier alpha value is -3.53. The molecule has 1 amide bonds. The zero-order valence-corrected chi connectivity index (χ0v) is 20.2. The SMILES string of the molecule is CCCCCN(C(=O)Cn1cnc2c(oc3ccccc32)c1=O)c1nc(C)c(C(=O)OCC)s1. The molecule has 10 heteroatoms. The number of carbonyl (C=O) groups is 2. The van der Waals surface area contributed by atoms with Crippen LogP contribution < -0.4 is 10.5 Å². The largest absolute Gasteiger partial charge is 0.462 e. The van der Waals surface area contributed by atoms with Crippen LogP contribution in [-0.2, 0) is 16.1 Å². The minimum absolute atomic E-state index is 0.115. The van der Waals surface area contributed by atoms with Crippen molar-refractivity contribution in [1.29, 1.82) is 0 Å². The molecular formula is C24H26N4O5S. The van der Waals surface area contributed by atoms with E-state index in [1.54, 1.807) is 19.9 Å². The molecule has 34 heavy (non-hydrogen) atoms. The van der Waals surface area contributed by atoms with E-state index in [1.165, 1.54) is 15.8 Å². The Balaban J connectivity index is 1.65. The summed E-state index contributed by atoms with van der Waals surface area (Å²) in [5.74, 6) is -0.778. The fourth-order valence-electron chi connectivity index (χ4n) is 3.69. The first-order valence-electron chi connectivity index (χ1n) is 11.3. The molecule has 4 aromatic rings. The normalized spacial score (nSPS) is 11.3. The standard InChI is InChI=1S/C24H26N4O5S/c1-4-6-9-12-28(24-26-15(3)21(34-24)23(31)32-5-2)18(29)13-27-14-25-19-16-10-7-8-11-17(16)33-20(19)22(27)30/h7-8,10-11,14H,4-6,9,12-13H2,1-3H3. The van der Waals surface area contributed by atoms with Crippen LogP contribution in [0.4, 0.5) is 5.13 Å². The van der Waals surface area contributed by atoms with Gasteiger partial charge in [-0.05, 0) is 32.4 Å². The van der Waals surface area contributed by atoms with Crippen LogP contribution in [0.2, 0.25) is 0 Å². The molecule has 178 valence electrons. The number of para-hydroxylation sites is 1. The van der Waals surface area contributed by atoms with Gasteiger partial charge in [-0.2, -0.15) is 0 Å². The Morgan fingerprint density at radius 2 is 2.00 bits per heavy atom. The van der Waals surface area contributed by atoms with E-state index in [0.717, 1.165) is 36.0 Å². The average molecular weight is 483 g/mol. The van der Waals surface area contributed by atoms with Crippen molar-refractivity contribution in [2.75, 3.05) is 18.1 Å². The number of thiazole rings is 1. The summed E-state index contributed by atoms with van der Waals surface area (Å²) < 4.78 is 12.1. The second-order valence-electron chi connectivity index (χ2n) is 7.84. The van der Waals surface area contributed by atoms with Gasteiger partial charge in [-0.3, -0.25) is 19.1 Å². The molecule has 0 N–H and O–H groups in total. The smallest absolute Gasteiger partial charge is 0.350 e. The summed E-state index contributed by atoms with van der Waals surface area (Å²) in [7, 11) is 0. The maximum atomic E-state index is 13.3. The van der Waals surface area contributed by atoms with Gasteiger partial charge in [0.25, 0.3) is 5.56 Å². The van der Waals surface area contributed by atoms with Crippen LogP contribution in [0.5, 0.6) is 0 Å². The summed E-state index contributed by atoms with van der Waals surface area (Å²) in [6.45, 7) is 5.98. The number of hydrogen-bond acceptors (Lipinski definition) is 8. The van der Waals surface area contributed by atoms with E-state index in [2.05, 4.69) is 16.9 Å². The van der Waals surface area contributed by atoms with Crippen molar-refractivity contribution in [3.63, 3.8) is 0 Å². The van der Waals surface area contributed by atoms with Crippen molar-refractivity contribution < 1.29 is 18.7 Å². The van der Waals surface area contributed by atoms with Gasteiger partial charge in [-0.25, -0.2) is 14.8 Å². The van der Waals surface area contributed by atoms with Crippen molar-refractivity contribution >= 4 is 50.4 Å². The minimum atomic E-state index is -0.458. The molecule has 0 unspecified atom stereocenters. The van der Waals surface area contributed by atoms with Crippen LogP contribution in [0.1, 0.15) is 48.5 Å². The second-order valence-corrected chi connectivity index (χ2v) is 8.82. The number of nitrogens with zero attached hydrogens (tertiary/aromatic N) is 4. The number of aryl methyl sites for hydroxylation is 1. The molecule has 0 aliphatic carbocycles. The molecule has 0 saturated heterocycles. The third-order valence-electron chi connectivity index (χ3n) is 5.42.